The van der Waals surface area contributed by atoms with E-state index in [2.05, 4.69) is 16.6 Å². The smallest absolute Gasteiger partial charge is 0.387 e. The van der Waals surface area contributed by atoms with Gasteiger partial charge in [-0.2, -0.15) is 8.78 Å². The van der Waals surface area contributed by atoms with Crippen LogP contribution < -0.4 is 9.47 Å². The van der Waals surface area contributed by atoms with E-state index >= 15 is 4.39 Å². The van der Waals surface area contributed by atoms with Gasteiger partial charge in [0.1, 0.15) is 17.3 Å². The molecule has 0 N–H and O–H groups in total. The quantitative estimate of drug-likeness (QED) is 0.189. The number of unbranched alkanes of at least 4 members (excludes halogenated alkanes) is 1. The van der Waals surface area contributed by atoms with Crippen LogP contribution in [0, 0.1) is 5.82 Å². The monoisotopic (exact) mass is 493 g/mol. The van der Waals surface area contributed by atoms with E-state index in [1.807, 2.05) is 42.5 Å². The topological polar surface area (TPSA) is 31.4 Å². The molecule has 0 aliphatic rings. The molecular formula is C30H30F3NO2. The predicted octanol–water partition coefficient (Wildman–Crippen LogP) is 7.72. The maximum atomic E-state index is 15.2. The van der Waals surface area contributed by atoms with Gasteiger partial charge in [0.25, 0.3) is 0 Å². The summed E-state index contributed by atoms with van der Waals surface area (Å²) in [6.07, 6.45) is 6.62. The van der Waals surface area contributed by atoms with Gasteiger partial charge in [0.05, 0.1) is 12.8 Å². The van der Waals surface area contributed by atoms with Gasteiger partial charge in [-0.1, -0.05) is 55.8 Å². The number of benzene rings is 3. The number of hydrogen-bond donors (Lipinski definition) is 0. The number of halogens is 3. The lowest BCUT2D eigenvalue weighted by atomic mass is 9.98. The Hall–Kier alpha value is -3.54. The van der Waals surface area contributed by atoms with E-state index in [4.69, 9.17) is 4.74 Å². The Morgan fingerprint density at radius 1 is 0.806 bits per heavy atom. The van der Waals surface area contributed by atoms with Gasteiger partial charge in [0.2, 0.25) is 0 Å². The van der Waals surface area contributed by atoms with E-state index in [1.165, 1.54) is 12.1 Å². The van der Waals surface area contributed by atoms with Gasteiger partial charge in [0, 0.05) is 11.1 Å². The fraction of sp³-hybridized carbons (Fsp3) is 0.300. The van der Waals surface area contributed by atoms with Crippen LogP contribution in [-0.2, 0) is 25.7 Å². The lowest BCUT2D eigenvalue weighted by Gasteiger charge is -2.10. The zero-order valence-electron chi connectivity index (χ0n) is 20.4. The second kappa shape index (κ2) is 12.4. The molecule has 0 aliphatic heterocycles. The number of pyridine rings is 1. The Kier molecular flexibility index (Phi) is 8.82. The molecule has 0 saturated heterocycles. The maximum Gasteiger partial charge on any atom is 0.387 e. The highest BCUT2D eigenvalue weighted by Gasteiger charge is 2.10. The fourth-order valence-corrected chi connectivity index (χ4v) is 4.10. The Morgan fingerprint density at radius 2 is 1.56 bits per heavy atom. The highest BCUT2D eigenvalue weighted by atomic mass is 19.3. The fourth-order valence-electron chi connectivity index (χ4n) is 4.10. The van der Waals surface area contributed by atoms with Crippen LogP contribution in [0.1, 0.15) is 42.1 Å². The second-order valence-electron chi connectivity index (χ2n) is 8.80. The lowest BCUT2D eigenvalue weighted by Crippen LogP contribution is -2.02. The average molecular weight is 494 g/mol. The van der Waals surface area contributed by atoms with Crippen LogP contribution in [0.4, 0.5) is 13.2 Å². The van der Waals surface area contributed by atoms with Crippen molar-refractivity contribution in [3.63, 3.8) is 0 Å². The van der Waals surface area contributed by atoms with Crippen molar-refractivity contribution in [3.05, 3.63) is 101 Å². The highest BCUT2D eigenvalue weighted by Crippen LogP contribution is 2.25. The molecule has 0 unspecified atom stereocenters. The lowest BCUT2D eigenvalue weighted by molar-refractivity contribution is -0.0498. The van der Waals surface area contributed by atoms with Crippen molar-refractivity contribution in [1.82, 2.24) is 4.98 Å². The maximum absolute atomic E-state index is 15.2. The number of aromatic nitrogens is 1. The number of nitrogens with zero attached hydrogens (tertiary/aromatic N) is 1. The molecule has 36 heavy (non-hydrogen) atoms. The molecular weight excluding hydrogens is 463 g/mol. The second-order valence-corrected chi connectivity index (χ2v) is 8.80. The summed E-state index contributed by atoms with van der Waals surface area (Å²) in [4.78, 5) is 4.50. The minimum atomic E-state index is -2.85. The molecule has 0 atom stereocenters. The Balaban J connectivity index is 1.35. The van der Waals surface area contributed by atoms with E-state index in [9.17, 15) is 8.78 Å². The van der Waals surface area contributed by atoms with Gasteiger partial charge < -0.3 is 9.47 Å². The van der Waals surface area contributed by atoms with Crippen molar-refractivity contribution in [1.29, 1.82) is 0 Å². The standard InChI is InChI=1S/C30H30F3NO2/c1-2-3-18-35-27-16-13-25(34-20-27)12-5-22-8-17-28-24(19-22)11-10-23(29(28)31)9-4-21-6-14-26(15-7-21)36-30(32)33/h6-8,10-11,13-17,19-20,30H,2-5,9,12,18H2,1H3. The predicted molar refractivity (Wildman–Crippen MR) is 136 cm³/mol. The van der Waals surface area contributed by atoms with E-state index in [0.29, 0.717) is 30.4 Å². The molecule has 6 heteroatoms. The summed E-state index contributed by atoms with van der Waals surface area (Å²) >= 11 is 0. The van der Waals surface area contributed by atoms with Crippen molar-refractivity contribution in [2.45, 2.75) is 52.1 Å². The number of alkyl halides is 2. The molecule has 0 spiro atoms. The molecule has 0 fully saturated rings. The first-order chi connectivity index (χ1) is 17.5. The van der Waals surface area contributed by atoms with Crippen LogP contribution in [0.5, 0.6) is 11.5 Å². The molecule has 0 bridgehead atoms. The van der Waals surface area contributed by atoms with Crippen LogP contribution >= 0.6 is 0 Å². The zero-order valence-corrected chi connectivity index (χ0v) is 20.4. The molecule has 0 amide bonds. The first-order valence-corrected chi connectivity index (χ1v) is 12.3. The first kappa shape index (κ1) is 25.5. The SMILES string of the molecule is CCCCOc1ccc(CCc2ccc3c(F)c(CCc4ccc(OC(F)F)cc4)ccc3c2)nc1. The number of rotatable bonds is 12. The van der Waals surface area contributed by atoms with Crippen LogP contribution in [0.3, 0.4) is 0 Å². The molecule has 0 saturated carbocycles. The molecule has 4 aromatic rings. The van der Waals surface area contributed by atoms with Crippen molar-refractivity contribution in [3.8, 4) is 11.5 Å². The number of hydrogen-bond acceptors (Lipinski definition) is 3. The molecule has 3 aromatic carbocycles. The summed E-state index contributed by atoms with van der Waals surface area (Å²) in [5.41, 5.74) is 3.69. The zero-order chi connectivity index (χ0) is 25.3. The first-order valence-electron chi connectivity index (χ1n) is 12.3. The summed E-state index contributed by atoms with van der Waals surface area (Å²) in [6, 6.07) is 20.1. The third-order valence-electron chi connectivity index (χ3n) is 6.16. The van der Waals surface area contributed by atoms with Crippen molar-refractivity contribution in [2.24, 2.45) is 0 Å². The number of fused-ring (bicyclic) bond motifs is 1. The van der Waals surface area contributed by atoms with Gasteiger partial charge in [0.15, 0.2) is 0 Å². The average Bonchev–Trinajstić information content (AvgIpc) is 2.88. The van der Waals surface area contributed by atoms with Gasteiger partial charge in [-0.05, 0) is 78.4 Å². The minimum Gasteiger partial charge on any atom is -0.492 e. The van der Waals surface area contributed by atoms with Gasteiger partial charge in [-0.3, -0.25) is 4.98 Å². The third kappa shape index (κ3) is 7.00. The van der Waals surface area contributed by atoms with Crippen LogP contribution in [0.15, 0.2) is 72.9 Å². The van der Waals surface area contributed by atoms with Gasteiger partial charge in [-0.15, -0.1) is 0 Å². The van der Waals surface area contributed by atoms with E-state index in [0.717, 1.165) is 53.6 Å². The Labute approximate surface area is 209 Å². The largest absolute Gasteiger partial charge is 0.492 e. The summed E-state index contributed by atoms with van der Waals surface area (Å²) in [7, 11) is 0. The Bertz CT molecular complexity index is 1260. The summed E-state index contributed by atoms with van der Waals surface area (Å²) in [5.74, 6) is 0.699. The summed E-state index contributed by atoms with van der Waals surface area (Å²) < 4.78 is 49.8. The Morgan fingerprint density at radius 3 is 2.28 bits per heavy atom. The van der Waals surface area contributed by atoms with Crippen molar-refractivity contribution < 1.29 is 22.6 Å². The van der Waals surface area contributed by atoms with Crippen LogP contribution in [0.25, 0.3) is 10.8 Å². The van der Waals surface area contributed by atoms with Crippen LogP contribution in [-0.4, -0.2) is 18.2 Å². The summed E-state index contributed by atoms with van der Waals surface area (Å²) in [5, 5.41) is 1.47. The third-order valence-corrected chi connectivity index (χ3v) is 6.16. The van der Waals surface area contributed by atoms with E-state index in [-0.39, 0.29) is 11.6 Å². The van der Waals surface area contributed by atoms with Gasteiger partial charge in [-0.25, -0.2) is 4.39 Å². The normalized spacial score (nSPS) is 11.2. The highest BCUT2D eigenvalue weighted by molar-refractivity contribution is 5.84. The number of aryl methyl sites for hydroxylation is 4. The summed E-state index contributed by atoms with van der Waals surface area (Å²) in [6.45, 7) is -0.00754. The van der Waals surface area contributed by atoms with Crippen molar-refractivity contribution in [2.75, 3.05) is 6.61 Å². The van der Waals surface area contributed by atoms with E-state index < -0.39 is 6.61 Å². The molecule has 0 radical (unpaired) electrons. The molecule has 1 heterocycles. The van der Waals surface area contributed by atoms with Gasteiger partial charge >= 0.3 is 6.61 Å². The van der Waals surface area contributed by atoms with Crippen molar-refractivity contribution >= 4 is 10.8 Å². The molecule has 1 aromatic heterocycles. The molecule has 3 nitrogen and oxygen atoms in total. The van der Waals surface area contributed by atoms with Crippen LogP contribution in [0.2, 0.25) is 0 Å². The number of ether oxygens (including phenoxy) is 2. The molecule has 4 rings (SSSR count). The molecule has 188 valence electrons. The molecule has 0 aliphatic carbocycles. The minimum absolute atomic E-state index is 0.116. The van der Waals surface area contributed by atoms with E-state index in [1.54, 1.807) is 18.3 Å².